The second-order valence-electron chi connectivity index (χ2n) is 12.3. The molecule has 1 atom stereocenters. The molecule has 0 radical (unpaired) electrons. The third kappa shape index (κ3) is 12.6. The van der Waals surface area contributed by atoms with E-state index in [-0.39, 0.29) is 17.4 Å². The molecular formula is C35H57N2O2+. The van der Waals surface area contributed by atoms with E-state index in [4.69, 9.17) is 4.74 Å². The van der Waals surface area contributed by atoms with Gasteiger partial charge >= 0.3 is 5.91 Å². The molecule has 218 valence electrons. The van der Waals surface area contributed by atoms with Crippen LogP contribution in [0.25, 0.3) is 0 Å². The van der Waals surface area contributed by atoms with E-state index < -0.39 is 0 Å². The summed E-state index contributed by atoms with van der Waals surface area (Å²) in [6.07, 6.45) is 21.0. The molecule has 1 aromatic heterocycles. The second-order valence-corrected chi connectivity index (χ2v) is 12.3. The third-order valence-corrected chi connectivity index (χ3v) is 7.70. The van der Waals surface area contributed by atoms with Crippen LogP contribution in [0.2, 0.25) is 0 Å². The number of nitrogens with one attached hydrogen (secondary N) is 1. The quantitative estimate of drug-likeness (QED) is 0.143. The molecule has 39 heavy (non-hydrogen) atoms. The number of ether oxygens (including phenoxy) is 1. The lowest BCUT2D eigenvalue weighted by Crippen LogP contribution is -2.40. The van der Waals surface area contributed by atoms with E-state index in [9.17, 15) is 4.79 Å². The van der Waals surface area contributed by atoms with Crippen molar-refractivity contribution in [2.75, 3.05) is 6.61 Å². The minimum atomic E-state index is -0.0985. The Bertz CT molecular complexity index is 963. The number of carbonyl (C=O) groups excluding carboxylic acids is 1. The maximum Gasteiger partial charge on any atom is 0.316 e. The molecule has 0 aliphatic rings. The fourth-order valence-electron chi connectivity index (χ4n) is 5.12. The Morgan fingerprint density at radius 3 is 1.95 bits per heavy atom. The normalized spacial score (nSPS) is 12.4. The Hall–Kier alpha value is -2.36. The molecule has 4 nitrogen and oxygen atoms in total. The van der Waals surface area contributed by atoms with Crippen LogP contribution in [0.1, 0.15) is 152 Å². The summed E-state index contributed by atoms with van der Waals surface area (Å²) in [5.74, 6) is 0.898. The van der Waals surface area contributed by atoms with Crippen molar-refractivity contribution in [3.63, 3.8) is 0 Å². The Labute approximate surface area is 240 Å². The van der Waals surface area contributed by atoms with E-state index in [0.29, 0.717) is 5.69 Å². The Balaban J connectivity index is 1.71. The number of pyridine rings is 1. The van der Waals surface area contributed by atoms with Crippen molar-refractivity contribution in [2.45, 2.75) is 136 Å². The molecule has 0 fully saturated rings. The van der Waals surface area contributed by atoms with Crippen LogP contribution in [0, 0.1) is 0 Å². The maximum absolute atomic E-state index is 12.8. The monoisotopic (exact) mass is 537 g/mol. The predicted octanol–water partition coefficient (Wildman–Crippen LogP) is 9.16. The molecule has 1 unspecified atom stereocenters. The lowest BCUT2D eigenvalue weighted by molar-refractivity contribution is -0.673. The molecule has 1 N–H and O–H groups in total. The van der Waals surface area contributed by atoms with Crippen molar-refractivity contribution in [3.8, 4) is 5.75 Å². The van der Waals surface area contributed by atoms with Gasteiger partial charge in [0, 0.05) is 12.1 Å². The molecule has 0 aliphatic heterocycles. The van der Waals surface area contributed by atoms with Gasteiger partial charge in [-0.05, 0) is 48.1 Å². The number of amides is 1. The molecule has 0 saturated carbocycles. The molecule has 0 aliphatic carbocycles. The van der Waals surface area contributed by atoms with Gasteiger partial charge in [-0.25, -0.2) is 0 Å². The Kier molecular flexibility index (Phi) is 15.2. The molecule has 1 aromatic carbocycles. The van der Waals surface area contributed by atoms with Crippen molar-refractivity contribution in [1.29, 1.82) is 0 Å². The van der Waals surface area contributed by atoms with Crippen molar-refractivity contribution in [2.24, 2.45) is 7.05 Å². The van der Waals surface area contributed by atoms with Crippen molar-refractivity contribution in [1.82, 2.24) is 5.32 Å². The summed E-state index contributed by atoms with van der Waals surface area (Å²) in [5.41, 5.74) is 2.89. The fourth-order valence-corrected chi connectivity index (χ4v) is 5.12. The zero-order valence-corrected chi connectivity index (χ0v) is 26.0. The summed E-state index contributed by atoms with van der Waals surface area (Å²) >= 11 is 0. The van der Waals surface area contributed by atoms with Gasteiger partial charge in [0.05, 0.1) is 12.6 Å². The van der Waals surface area contributed by atoms with E-state index in [0.717, 1.165) is 24.3 Å². The summed E-state index contributed by atoms with van der Waals surface area (Å²) in [7, 11) is 1.89. The number of benzene rings is 1. The van der Waals surface area contributed by atoms with Crippen LogP contribution in [0.4, 0.5) is 0 Å². The van der Waals surface area contributed by atoms with Crippen molar-refractivity contribution < 1.29 is 14.1 Å². The fraction of sp³-hybridized carbons (Fsp3) is 0.657. The van der Waals surface area contributed by atoms with E-state index in [1.807, 2.05) is 42.9 Å². The molecule has 2 aromatic rings. The first-order valence-electron chi connectivity index (χ1n) is 15.8. The van der Waals surface area contributed by atoms with E-state index in [1.165, 1.54) is 89.0 Å². The van der Waals surface area contributed by atoms with Crippen LogP contribution in [-0.2, 0) is 12.5 Å². The summed E-state index contributed by atoms with van der Waals surface area (Å²) in [5, 5.41) is 3.15. The highest BCUT2D eigenvalue weighted by molar-refractivity contribution is 5.91. The summed E-state index contributed by atoms with van der Waals surface area (Å²) in [6.45, 7) is 11.7. The van der Waals surface area contributed by atoms with Gasteiger partial charge in [0.15, 0.2) is 6.20 Å². The first-order chi connectivity index (χ1) is 18.7. The van der Waals surface area contributed by atoms with Gasteiger partial charge in [-0.2, -0.15) is 4.57 Å². The molecule has 0 spiro atoms. The van der Waals surface area contributed by atoms with Gasteiger partial charge in [-0.3, -0.25) is 4.79 Å². The second kappa shape index (κ2) is 18.1. The summed E-state index contributed by atoms with van der Waals surface area (Å²) < 4.78 is 8.13. The van der Waals surface area contributed by atoms with Crippen molar-refractivity contribution >= 4 is 5.91 Å². The first-order valence-corrected chi connectivity index (χ1v) is 15.8. The SMILES string of the molecule is CCCCCCCCCCCCCCCCOc1ccc(C(C)NC(=O)c2cccc[n+]2C)cc1C(C)(C)C. The molecule has 1 heterocycles. The van der Waals surface area contributed by atoms with Crippen LogP contribution < -0.4 is 14.6 Å². The Morgan fingerprint density at radius 1 is 0.846 bits per heavy atom. The van der Waals surface area contributed by atoms with Crippen LogP contribution in [0.5, 0.6) is 5.75 Å². The van der Waals surface area contributed by atoms with Gasteiger partial charge in [0.25, 0.3) is 5.69 Å². The number of rotatable bonds is 19. The Morgan fingerprint density at radius 2 is 1.41 bits per heavy atom. The van der Waals surface area contributed by atoms with Crippen LogP contribution in [-0.4, -0.2) is 12.5 Å². The molecule has 1 amide bonds. The molecule has 4 heteroatoms. The van der Waals surface area contributed by atoms with Crippen LogP contribution in [0.15, 0.2) is 42.6 Å². The number of aryl methyl sites for hydroxylation is 1. The number of hydrogen-bond donors (Lipinski definition) is 1. The van der Waals surface area contributed by atoms with Gasteiger partial charge in [0.2, 0.25) is 0 Å². The molecule has 2 rings (SSSR count). The van der Waals surface area contributed by atoms with E-state index in [1.54, 1.807) is 0 Å². The van der Waals surface area contributed by atoms with Gasteiger partial charge in [-0.1, -0.05) is 117 Å². The highest BCUT2D eigenvalue weighted by Crippen LogP contribution is 2.34. The number of hydrogen-bond acceptors (Lipinski definition) is 2. The summed E-state index contributed by atoms with van der Waals surface area (Å²) in [6, 6.07) is 11.9. The zero-order chi connectivity index (χ0) is 28.5. The molecule has 0 saturated heterocycles. The number of nitrogens with zero attached hydrogens (tertiary/aromatic N) is 1. The first kappa shape index (κ1) is 32.8. The number of unbranched alkanes of at least 4 members (excludes halogenated alkanes) is 13. The number of aromatic nitrogens is 1. The van der Waals surface area contributed by atoms with E-state index >= 15 is 0 Å². The lowest BCUT2D eigenvalue weighted by atomic mass is 9.84. The zero-order valence-electron chi connectivity index (χ0n) is 26.0. The van der Waals surface area contributed by atoms with Gasteiger partial charge < -0.3 is 10.1 Å². The summed E-state index contributed by atoms with van der Waals surface area (Å²) in [4.78, 5) is 12.8. The van der Waals surface area contributed by atoms with E-state index in [2.05, 4.69) is 51.2 Å². The topological polar surface area (TPSA) is 42.2 Å². The minimum Gasteiger partial charge on any atom is -0.493 e. The average Bonchev–Trinajstić information content (AvgIpc) is 2.90. The van der Waals surface area contributed by atoms with Gasteiger partial charge in [0.1, 0.15) is 12.8 Å². The lowest BCUT2D eigenvalue weighted by Gasteiger charge is -2.25. The van der Waals surface area contributed by atoms with Crippen LogP contribution in [0.3, 0.4) is 0 Å². The average molecular weight is 538 g/mol. The largest absolute Gasteiger partial charge is 0.493 e. The smallest absolute Gasteiger partial charge is 0.316 e. The third-order valence-electron chi connectivity index (χ3n) is 7.70. The van der Waals surface area contributed by atoms with Gasteiger partial charge in [-0.15, -0.1) is 0 Å². The standard InChI is InChI=1S/C35H56N2O2/c1-7-8-9-10-11-12-13-14-15-16-17-18-19-22-27-39-33-25-24-30(28-31(33)35(3,4)5)29(2)36-34(38)32-23-20-21-26-37(32)6/h20-21,23-26,28-29H,7-19,22,27H2,1-6H3/p+1. The highest BCUT2D eigenvalue weighted by atomic mass is 16.5. The molecular weight excluding hydrogens is 480 g/mol. The maximum atomic E-state index is 12.8. The number of carbonyl (C=O) groups is 1. The minimum absolute atomic E-state index is 0.0452. The predicted molar refractivity (Wildman–Crippen MR) is 164 cm³/mol. The highest BCUT2D eigenvalue weighted by Gasteiger charge is 2.23. The molecule has 0 bridgehead atoms. The van der Waals surface area contributed by atoms with Crippen LogP contribution >= 0.6 is 0 Å². The van der Waals surface area contributed by atoms with Crippen molar-refractivity contribution in [3.05, 3.63) is 59.4 Å².